The van der Waals surface area contributed by atoms with Crippen LogP contribution in [0.4, 0.5) is 5.69 Å². The molecular formula is C22H22N4OS. The van der Waals surface area contributed by atoms with Gasteiger partial charge in [-0.3, -0.25) is 4.79 Å². The van der Waals surface area contributed by atoms with E-state index < -0.39 is 0 Å². The van der Waals surface area contributed by atoms with Crippen molar-refractivity contribution in [1.29, 1.82) is 0 Å². The average Bonchev–Trinajstić information content (AvgIpc) is 3.11. The van der Waals surface area contributed by atoms with Gasteiger partial charge in [0.25, 0.3) is 0 Å². The van der Waals surface area contributed by atoms with E-state index in [2.05, 4.69) is 24.4 Å². The number of anilines is 1. The second-order valence-electron chi connectivity index (χ2n) is 7.09. The lowest BCUT2D eigenvalue weighted by Gasteiger charge is -2.19. The maximum Gasteiger partial charge on any atom is 0.226 e. The van der Waals surface area contributed by atoms with E-state index in [0.29, 0.717) is 0 Å². The quantitative estimate of drug-likeness (QED) is 0.690. The van der Waals surface area contributed by atoms with Crippen LogP contribution in [0.25, 0.3) is 11.3 Å². The SMILES string of the molecule is CC(C)C(=O)Nc1ccc(C2=Nn3cc(-c4ccccc4)nc3S[C@@H]2C)cc1. The van der Waals surface area contributed by atoms with Crippen molar-refractivity contribution in [3.63, 3.8) is 0 Å². The fourth-order valence-corrected chi connectivity index (χ4v) is 3.93. The van der Waals surface area contributed by atoms with Gasteiger partial charge in [0, 0.05) is 17.2 Å². The summed E-state index contributed by atoms with van der Waals surface area (Å²) < 4.78 is 1.86. The zero-order chi connectivity index (χ0) is 19.7. The number of aromatic nitrogens is 2. The van der Waals surface area contributed by atoms with Gasteiger partial charge < -0.3 is 5.32 Å². The Morgan fingerprint density at radius 1 is 1.07 bits per heavy atom. The number of carbonyl (C=O) groups excluding carboxylic acids is 1. The Bertz CT molecular complexity index is 1020. The topological polar surface area (TPSA) is 59.3 Å². The molecule has 28 heavy (non-hydrogen) atoms. The molecule has 3 aromatic rings. The highest BCUT2D eigenvalue weighted by atomic mass is 32.2. The highest BCUT2D eigenvalue weighted by molar-refractivity contribution is 8.00. The van der Waals surface area contributed by atoms with E-state index in [9.17, 15) is 4.79 Å². The summed E-state index contributed by atoms with van der Waals surface area (Å²) in [4.78, 5) is 16.6. The van der Waals surface area contributed by atoms with Gasteiger partial charge in [0.05, 0.1) is 22.9 Å². The molecule has 1 atom stereocenters. The Balaban J connectivity index is 1.60. The van der Waals surface area contributed by atoms with E-state index in [1.165, 1.54) is 0 Å². The molecule has 6 heteroatoms. The zero-order valence-corrected chi connectivity index (χ0v) is 16.9. The zero-order valence-electron chi connectivity index (χ0n) is 16.1. The molecule has 0 saturated carbocycles. The summed E-state index contributed by atoms with van der Waals surface area (Å²) in [6.45, 7) is 5.90. The number of thioether (sulfide) groups is 1. The molecule has 1 amide bonds. The standard InChI is InChI=1S/C22H22N4OS/c1-14(2)21(27)23-18-11-9-17(10-12-18)20-15(3)28-22-24-19(13-26(22)25-20)16-7-5-4-6-8-16/h4-15H,1-3H3,(H,23,27)/t15-/m1/s1. The third-order valence-electron chi connectivity index (χ3n) is 4.58. The maximum absolute atomic E-state index is 11.9. The van der Waals surface area contributed by atoms with E-state index in [-0.39, 0.29) is 17.1 Å². The van der Waals surface area contributed by atoms with Crippen LogP contribution >= 0.6 is 11.8 Å². The van der Waals surface area contributed by atoms with Gasteiger partial charge in [0.15, 0.2) is 5.16 Å². The number of nitrogens with one attached hydrogen (secondary N) is 1. The molecule has 1 aromatic heterocycles. The molecule has 0 aliphatic carbocycles. The molecule has 1 aliphatic rings. The number of hydrogen-bond acceptors (Lipinski definition) is 4. The molecule has 0 radical (unpaired) electrons. The lowest BCUT2D eigenvalue weighted by Crippen LogP contribution is -2.21. The van der Waals surface area contributed by atoms with E-state index in [1.54, 1.807) is 11.8 Å². The average molecular weight is 391 g/mol. The number of rotatable bonds is 4. The van der Waals surface area contributed by atoms with Crippen LogP contribution in [0.3, 0.4) is 0 Å². The van der Waals surface area contributed by atoms with Gasteiger partial charge >= 0.3 is 0 Å². The van der Waals surface area contributed by atoms with Gasteiger partial charge in [-0.05, 0) is 24.6 Å². The molecule has 5 nitrogen and oxygen atoms in total. The smallest absolute Gasteiger partial charge is 0.226 e. The number of nitrogens with zero attached hydrogens (tertiary/aromatic N) is 3. The van der Waals surface area contributed by atoms with Crippen molar-refractivity contribution in [2.75, 3.05) is 5.32 Å². The fourth-order valence-electron chi connectivity index (χ4n) is 2.97. The monoisotopic (exact) mass is 390 g/mol. The molecule has 142 valence electrons. The highest BCUT2D eigenvalue weighted by Gasteiger charge is 2.24. The van der Waals surface area contributed by atoms with Crippen molar-refractivity contribution in [2.45, 2.75) is 31.2 Å². The number of imidazole rings is 1. The summed E-state index contributed by atoms with van der Waals surface area (Å²) in [6, 6.07) is 18.0. The Hall–Kier alpha value is -2.86. The van der Waals surface area contributed by atoms with E-state index in [4.69, 9.17) is 10.1 Å². The second-order valence-corrected chi connectivity index (χ2v) is 8.39. The molecule has 0 fully saturated rings. The molecule has 1 N–H and O–H groups in total. The Labute approximate surface area is 168 Å². The summed E-state index contributed by atoms with van der Waals surface area (Å²) in [7, 11) is 0. The normalized spacial score (nSPS) is 15.9. The maximum atomic E-state index is 11.9. The Kier molecular flexibility index (Phi) is 5.05. The molecule has 0 spiro atoms. The molecule has 1 aliphatic heterocycles. The minimum Gasteiger partial charge on any atom is -0.326 e. The lowest BCUT2D eigenvalue weighted by molar-refractivity contribution is -0.118. The minimum atomic E-state index is -0.0442. The minimum absolute atomic E-state index is 0.0168. The molecule has 4 rings (SSSR count). The van der Waals surface area contributed by atoms with Gasteiger partial charge in [0.1, 0.15) is 0 Å². The lowest BCUT2D eigenvalue weighted by atomic mass is 10.1. The van der Waals surface area contributed by atoms with Gasteiger partial charge in [0.2, 0.25) is 5.91 Å². The number of benzene rings is 2. The van der Waals surface area contributed by atoms with Crippen LogP contribution in [0, 0.1) is 5.92 Å². The molecular weight excluding hydrogens is 368 g/mol. The largest absolute Gasteiger partial charge is 0.326 e. The molecule has 0 unspecified atom stereocenters. The number of amides is 1. The van der Waals surface area contributed by atoms with Crippen LogP contribution in [-0.2, 0) is 4.79 Å². The van der Waals surface area contributed by atoms with Crippen molar-refractivity contribution in [3.05, 3.63) is 66.4 Å². The van der Waals surface area contributed by atoms with Crippen LogP contribution in [-0.4, -0.2) is 26.5 Å². The summed E-state index contributed by atoms with van der Waals surface area (Å²) in [6.07, 6.45) is 1.97. The van der Waals surface area contributed by atoms with Crippen molar-refractivity contribution >= 4 is 29.1 Å². The third-order valence-corrected chi connectivity index (χ3v) is 5.65. The molecule has 0 saturated heterocycles. The number of carbonyl (C=O) groups is 1. The number of hydrogen-bond donors (Lipinski definition) is 1. The van der Waals surface area contributed by atoms with E-state index in [1.807, 2.05) is 67.2 Å². The fraction of sp³-hybridized carbons (Fsp3) is 0.227. The first-order valence-corrected chi connectivity index (χ1v) is 10.2. The molecule has 2 heterocycles. The summed E-state index contributed by atoms with van der Waals surface area (Å²) in [5, 5.41) is 8.83. The first kappa shape index (κ1) is 18.5. The van der Waals surface area contributed by atoms with Crippen LogP contribution in [0.1, 0.15) is 26.3 Å². The first-order chi connectivity index (χ1) is 13.5. The van der Waals surface area contributed by atoms with E-state index >= 15 is 0 Å². The Morgan fingerprint density at radius 2 is 1.79 bits per heavy atom. The van der Waals surface area contributed by atoms with Crippen molar-refractivity contribution in [3.8, 4) is 11.3 Å². The van der Waals surface area contributed by atoms with Crippen molar-refractivity contribution in [1.82, 2.24) is 9.66 Å². The number of fused-ring (bicyclic) bond motifs is 1. The van der Waals surface area contributed by atoms with Gasteiger partial charge in [-0.2, -0.15) is 5.10 Å². The predicted octanol–water partition coefficient (Wildman–Crippen LogP) is 4.89. The predicted molar refractivity (Wildman–Crippen MR) is 115 cm³/mol. The van der Waals surface area contributed by atoms with Crippen LogP contribution < -0.4 is 5.32 Å². The van der Waals surface area contributed by atoms with Crippen molar-refractivity contribution in [2.24, 2.45) is 11.0 Å². The van der Waals surface area contributed by atoms with Gasteiger partial charge in [-0.15, -0.1) is 0 Å². The summed E-state index contributed by atoms with van der Waals surface area (Å²) in [5.74, 6) is -0.0273. The van der Waals surface area contributed by atoms with Gasteiger partial charge in [-0.25, -0.2) is 9.66 Å². The summed E-state index contributed by atoms with van der Waals surface area (Å²) >= 11 is 1.70. The third kappa shape index (κ3) is 3.73. The summed E-state index contributed by atoms with van der Waals surface area (Å²) in [5.41, 5.74) is 4.85. The highest BCUT2D eigenvalue weighted by Crippen LogP contribution is 2.32. The molecule has 0 bridgehead atoms. The Morgan fingerprint density at radius 3 is 2.46 bits per heavy atom. The first-order valence-electron chi connectivity index (χ1n) is 9.33. The van der Waals surface area contributed by atoms with Crippen LogP contribution in [0.5, 0.6) is 0 Å². The van der Waals surface area contributed by atoms with Gasteiger partial charge in [-0.1, -0.05) is 68.1 Å². The van der Waals surface area contributed by atoms with E-state index in [0.717, 1.165) is 33.4 Å². The van der Waals surface area contributed by atoms with Crippen LogP contribution in [0.15, 0.2) is 71.1 Å². The molecule has 2 aromatic carbocycles. The second kappa shape index (κ2) is 7.64. The van der Waals surface area contributed by atoms with Crippen molar-refractivity contribution < 1.29 is 4.79 Å². The van der Waals surface area contributed by atoms with Crippen LogP contribution in [0.2, 0.25) is 0 Å².